The summed E-state index contributed by atoms with van der Waals surface area (Å²) in [6.45, 7) is 0. The monoisotopic (exact) mass is 272 g/mol. The molecule has 3 aromatic rings. The van der Waals surface area contributed by atoms with E-state index in [1.54, 1.807) is 24.6 Å². The molecule has 0 fully saturated rings. The van der Waals surface area contributed by atoms with Gasteiger partial charge >= 0.3 is 0 Å². The standard InChI is InChI=1S/C14H12N2O2S/c1-18-13-5-3-2-4-10(13)6-12-8-16-11(9-17)7-15-14(16)19-12/h2-5,7-9H,6H2,1H3. The topological polar surface area (TPSA) is 43.6 Å². The van der Waals surface area contributed by atoms with Crippen LogP contribution in [0.4, 0.5) is 0 Å². The second-order valence-corrected chi connectivity index (χ2v) is 5.23. The summed E-state index contributed by atoms with van der Waals surface area (Å²) in [4.78, 5) is 17.1. The number of benzene rings is 1. The molecule has 0 aliphatic heterocycles. The molecule has 0 aliphatic rings. The molecule has 0 saturated heterocycles. The van der Waals surface area contributed by atoms with Gasteiger partial charge in [0.15, 0.2) is 11.2 Å². The normalized spacial score (nSPS) is 10.8. The summed E-state index contributed by atoms with van der Waals surface area (Å²) in [7, 11) is 1.67. The maximum atomic E-state index is 10.9. The van der Waals surface area contributed by atoms with Crippen LogP contribution in [0.2, 0.25) is 0 Å². The summed E-state index contributed by atoms with van der Waals surface area (Å²) < 4.78 is 7.17. The molecule has 0 saturated carbocycles. The molecule has 5 heteroatoms. The van der Waals surface area contributed by atoms with E-state index in [1.165, 1.54) is 0 Å². The van der Waals surface area contributed by atoms with Crippen molar-refractivity contribution in [3.63, 3.8) is 0 Å². The number of aldehydes is 1. The first-order valence-corrected chi connectivity index (χ1v) is 6.66. The quantitative estimate of drug-likeness (QED) is 0.686. The molecule has 3 rings (SSSR count). The zero-order chi connectivity index (χ0) is 13.2. The van der Waals surface area contributed by atoms with Crippen molar-refractivity contribution in [2.45, 2.75) is 6.42 Å². The Hall–Kier alpha value is -2.14. The van der Waals surface area contributed by atoms with E-state index in [9.17, 15) is 4.79 Å². The van der Waals surface area contributed by atoms with E-state index in [4.69, 9.17) is 4.74 Å². The van der Waals surface area contributed by atoms with Gasteiger partial charge in [-0.25, -0.2) is 4.98 Å². The van der Waals surface area contributed by atoms with E-state index < -0.39 is 0 Å². The lowest BCUT2D eigenvalue weighted by Gasteiger charge is -2.06. The highest BCUT2D eigenvalue weighted by atomic mass is 32.1. The van der Waals surface area contributed by atoms with Crippen molar-refractivity contribution in [1.82, 2.24) is 9.38 Å². The Balaban J connectivity index is 1.96. The highest BCUT2D eigenvalue weighted by molar-refractivity contribution is 7.17. The number of fused-ring (bicyclic) bond motifs is 1. The van der Waals surface area contributed by atoms with Crippen LogP contribution in [-0.4, -0.2) is 22.8 Å². The van der Waals surface area contributed by atoms with Gasteiger partial charge in [-0.2, -0.15) is 0 Å². The first-order valence-electron chi connectivity index (χ1n) is 5.84. The minimum atomic E-state index is 0.581. The smallest absolute Gasteiger partial charge is 0.194 e. The van der Waals surface area contributed by atoms with Gasteiger partial charge in [0.1, 0.15) is 11.4 Å². The van der Waals surface area contributed by atoms with E-state index in [2.05, 4.69) is 4.98 Å². The van der Waals surface area contributed by atoms with Crippen molar-refractivity contribution < 1.29 is 9.53 Å². The highest BCUT2D eigenvalue weighted by Gasteiger charge is 2.09. The zero-order valence-corrected chi connectivity index (χ0v) is 11.2. The number of nitrogens with zero attached hydrogens (tertiary/aromatic N) is 2. The van der Waals surface area contributed by atoms with Gasteiger partial charge < -0.3 is 4.74 Å². The number of imidazole rings is 1. The van der Waals surface area contributed by atoms with Crippen LogP contribution in [-0.2, 0) is 6.42 Å². The van der Waals surface area contributed by atoms with Crippen molar-refractivity contribution >= 4 is 22.6 Å². The number of ether oxygens (including phenoxy) is 1. The molecule has 0 aliphatic carbocycles. The van der Waals surface area contributed by atoms with Gasteiger partial charge in [-0.05, 0) is 11.6 Å². The van der Waals surface area contributed by atoms with Crippen LogP contribution < -0.4 is 4.74 Å². The Bertz CT molecular complexity index is 730. The molecule has 0 radical (unpaired) electrons. The summed E-state index contributed by atoms with van der Waals surface area (Å²) in [5.74, 6) is 0.879. The van der Waals surface area contributed by atoms with Gasteiger partial charge in [0, 0.05) is 17.5 Å². The zero-order valence-electron chi connectivity index (χ0n) is 10.4. The predicted molar refractivity (Wildman–Crippen MR) is 74.3 cm³/mol. The molecule has 19 heavy (non-hydrogen) atoms. The number of carbonyl (C=O) groups excluding carboxylic acids is 1. The fourth-order valence-corrected chi connectivity index (χ4v) is 3.04. The Labute approximate surface area is 114 Å². The number of methoxy groups -OCH3 is 1. The van der Waals surface area contributed by atoms with Gasteiger partial charge in [-0.15, -0.1) is 11.3 Å². The van der Waals surface area contributed by atoms with Crippen LogP contribution in [0.3, 0.4) is 0 Å². The van der Waals surface area contributed by atoms with Gasteiger partial charge in [-0.1, -0.05) is 18.2 Å². The minimum Gasteiger partial charge on any atom is -0.496 e. The van der Waals surface area contributed by atoms with E-state index >= 15 is 0 Å². The van der Waals surface area contributed by atoms with E-state index in [0.717, 1.165) is 33.9 Å². The number of hydrogen-bond acceptors (Lipinski definition) is 4. The van der Waals surface area contributed by atoms with Crippen molar-refractivity contribution in [2.24, 2.45) is 0 Å². The number of carbonyl (C=O) groups is 1. The van der Waals surface area contributed by atoms with Gasteiger partial charge in [-0.3, -0.25) is 9.20 Å². The van der Waals surface area contributed by atoms with Crippen LogP contribution in [0.15, 0.2) is 36.7 Å². The average Bonchev–Trinajstić information content (AvgIpc) is 2.99. The number of para-hydroxylation sites is 1. The number of aromatic nitrogens is 2. The molecular weight excluding hydrogens is 260 g/mol. The lowest BCUT2D eigenvalue weighted by molar-refractivity contribution is 0.111. The maximum Gasteiger partial charge on any atom is 0.194 e. The Morgan fingerprint density at radius 2 is 2.26 bits per heavy atom. The SMILES string of the molecule is COc1ccccc1Cc1cn2c(C=O)cnc2s1. The second kappa shape index (κ2) is 4.85. The molecule has 0 amide bonds. The largest absolute Gasteiger partial charge is 0.496 e. The summed E-state index contributed by atoms with van der Waals surface area (Å²) in [6, 6.07) is 7.94. The lowest BCUT2D eigenvalue weighted by Crippen LogP contribution is -1.92. The lowest BCUT2D eigenvalue weighted by atomic mass is 10.1. The third-order valence-corrected chi connectivity index (χ3v) is 3.96. The van der Waals surface area contributed by atoms with E-state index in [1.807, 2.05) is 34.9 Å². The first-order chi connectivity index (χ1) is 9.31. The fourth-order valence-electron chi connectivity index (χ4n) is 2.05. The Morgan fingerprint density at radius 3 is 3.05 bits per heavy atom. The summed E-state index contributed by atoms with van der Waals surface area (Å²) >= 11 is 1.58. The third kappa shape index (κ3) is 2.13. The Morgan fingerprint density at radius 1 is 1.42 bits per heavy atom. The van der Waals surface area contributed by atoms with Crippen LogP contribution >= 0.6 is 11.3 Å². The average molecular weight is 272 g/mol. The first kappa shape index (κ1) is 11.9. The fraction of sp³-hybridized carbons (Fsp3) is 0.143. The van der Waals surface area contributed by atoms with Gasteiger partial charge in [0.2, 0.25) is 0 Å². The maximum absolute atomic E-state index is 10.9. The van der Waals surface area contributed by atoms with Crippen LogP contribution in [0.1, 0.15) is 20.9 Å². The molecular formula is C14H12N2O2S. The Kier molecular flexibility index (Phi) is 3.05. The van der Waals surface area contributed by atoms with E-state index in [-0.39, 0.29) is 0 Å². The molecule has 0 atom stereocenters. The van der Waals surface area contributed by atoms with E-state index in [0.29, 0.717) is 5.69 Å². The van der Waals surface area contributed by atoms with Crippen molar-refractivity contribution in [3.05, 3.63) is 52.8 Å². The molecule has 4 nitrogen and oxygen atoms in total. The molecule has 1 aromatic carbocycles. The van der Waals surface area contributed by atoms with Crippen LogP contribution in [0.5, 0.6) is 5.75 Å². The van der Waals surface area contributed by atoms with Gasteiger partial charge in [0.25, 0.3) is 0 Å². The molecule has 0 unspecified atom stereocenters. The minimum absolute atomic E-state index is 0.581. The summed E-state index contributed by atoms with van der Waals surface area (Å²) in [5, 5.41) is 0. The van der Waals surface area contributed by atoms with Crippen molar-refractivity contribution in [1.29, 1.82) is 0 Å². The number of hydrogen-bond donors (Lipinski definition) is 0. The highest BCUT2D eigenvalue weighted by Crippen LogP contribution is 2.25. The number of thiazole rings is 1. The van der Waals surface area contributed by atoms with Crippen LogP contribution in [0, 0.1) is 0 Å². The molecule has 0 spiro atoms. The molecule has 2 aromatic heterocycles. The van der Waals surface area contributed by atoms with Crippen LogP contribution in [0.25, 0.3) is 4.96 Å². The molecule has 0 N–H and O–H groups in total. The van der Waals surface area contributed by atoms with Crippen molar-refractivity contribution in [2.75, 3.05) is 7.11 Å². The molecule has 96 valence electrons. The molecule has 0 bridgehead atoms. The third-order valence-electron chi connectivity index (χ3n) is 2.96. The predicted octanol–water partition coefficient (Wildman–Crippen LogP) is 2.81. The molecule has 2 heterocycles. The van der Waals surface area contributed by atoms with Crippen molar-refractivity contribution in [3.8, 4) is 5.75 Å². The summed E-state index contributed by atoms with van der Waals surface area (Å²) in [6.07, 6.45) is 5.14. The number of rotatable bonds is 4. The van der Waals surface area contributed by atoms with Gasteiger partial charge in [0.05, 0.1) is 13.3 Å². The second-order valence-electron chi connectivity index (χ2n) is 4.14. The summed E-state index contributed by atoms with van der Waals surface area (Å²) in [5.41, 5.74) is 1.71.